The second-order valence-corrected chi connectivity index (χ2v) is 4.31. The third-order valence-electron chi connectivity index (χ3n) is 2.68. The van der Waals surface area contributed by atoms with Crippen molar-refractivity contribution in [2.75, 3.05) is 18.1 Å². The fourth-order valence-corrected chi connectivity index (χ4v) is 1.85. The Morgan fingerprint density at radius 2 is 2.11 bits per heavy atom. The Morgan fingerprint density at radius 1 is 1.44 bits per heavy atom. The molecule has 0 saturated carbocycles. The smallest absolute Gasteiger partial charge is 0.337 e. The zero-order valence-electron chi connectivity index (χ0n) is 10.6. The minimum Gasteiger partial charge on any atom is -0.478 e. The van der Waals surface area contributed by atoms with Gasteiger partial charge in [0.15, 0.2) is 0 Å². The van der Waals surface area contributed by atoms with Crippen LogP contribution in [0.3, 0.4) is 0 Å². The van der Waals surface area contributed by atoms with Gasteiger partial charge in [0.1, 0.15) is 5.82 Å². The summed E-state index contributed by atoms with van der Waals surface area (Å²) < 4.78 is 13.9. The average Bonchev–Trinajstić information content (AvgIpc) is 2.30. The van der Waals surface area contributed by atoms with E-state index in [1.165, 1.54) is 18.2 Å². The number of anilines is 1. The molecule has 0 fully saturated rings. The molecule has 1 rings (SSSR count). The van der Waals surface area contributed by atoms with Gasteiger partial charge in [-0.25, -0.2) is 9.18 Å². The molecule has 0 unspecified atom stereocenters. The topological polar surface area (TPSA) is 60.8 Å². The second kappa shape index (κ2) is 6.35. The van der Waals surface area contributed by atoms with Crippen molar-refractivity contribution < 1.29 is 19.4 Å². The van der Waals surface area contributed by atoms with Gasteiger partial charge in [0.05, 0.1) is 11.3 Å². The molecule has 0 spiro atoms. The molecule has 100 valence electrons. The highest BCUT2D eigenvalue weighted by atomic mass is 19.1. The second-order valence-electron chi connectivity index (χ2n) is 4.31. The molecule has 4 nitrogen and oxygen atoms in total. The summed E-state index contributed by atoms with van der Waals surface area (Å²) in [6.07, 6.45) is 0.464. The van der Waals surface area contributed by atoms with Crippen molar-refractivity contribution in [2.24, 2.45) is 0 Å². The lowest BCUT2D eigenvalue weighted by Gasteiger charge is -2.30. The number of hydrogen-bond acceptors (Lipinski definition) is 3. The lowest BCUT2D eigenvalue weighted by Crippen LogP contribution is -2.34. The monoisotopic (exact) mass is 255 g/mol. The predicted molar refractivity (Wildman–Crippen MR) is 67.5 cm³/mol. The van der Waals surface area contributed by atoms with E-state index in [1.807, 2.05) is 13.8 Å². The van der Waals surface area contributed by atoms with Gasteiger partial charge in [-0.05, 0) is 32.4 Å². The number of aromatic carboxylic acids is 1. The summed E-state index contributed by atoms with van der Waals surface area (Å²) in [5.41, 5.74) is 0.0371. The molecule has 0 saturated heterocycles. The van der Waals surface area contributed by atoms with Crippen LogP contribution in [0.2, 0.25) is 0 Å². The largest absolute Gasteiger partial charge is 0.478 e. The number of carbonyl (C=O) groups is 1. The fraction of sp³-hybridized carbons (Fsp3) is 0.462. The van der Waals surface area contributed by atoms with Crippen LogP contribution in [0.15, 0.2) is 18.2 Å². The van der Waals surface area contributed by atoms with Crippen molar-refractivity contribution in [3.05, 3.63) is 29.6 Å². The molecule has 0 aromatic heterocycles. The molecular formula is C13H18FNO3. The molecule has 0 aliphatic carbocycles. The highest BCUT2D eigenvalue weighted by Gasteiger charge is 2.21. The molecule has 0 heterocycles. The van der Waals surface area contributed by atoms with Crippen LogP contribution < -0.4 is 4.90 Å². The number of para-hydroxylation sites is 1. The van der Waals surface area contributed by atoms with E-state index < -0.39 is 11.8 Å². The summed E-state index contributed by atoms with van der Waals surface area (Å²) >= 11 is 0. The van der Waals surface area contributed by atoms with Crippen LogP contribution in [0.4, 0.5) is 10.1 Å². The Labute approximate surface area is 106 Å². The molecule has 0 atom stereocenters. The van der Waals surface area contributed by atoms with E-state index in [4.69, 9.17) is 10.2 Å². The summed E-state index contributed by atoms with van der Waals surface area (Å²) in [6.45, 7) is 4.11. The van der Waals surface area contributed by atoms with Crippen molar-refractivity contribution in [1.82, 2.24) is 0 Å². The van der Waals surface area contributed by atoms with Gasteiger partial charge < -0.3 is 15.1 Å². The first-order valence-corrected chi connectivity index (χ1v) is 5.88. The number of benzene rings is 1. The third-order valence-corrected chi connectivity index (χ3v) is 2.68. The van der Waals surface area contributed by atoms with Gasteiger partial charge in [-0.1, -0.05) is 6.07 Å². The fourth-order valence-electron chi connectivity index (χ4n) is 1.85. The van der Waals surface area contributed by atoms with Crippen LogP contribution in [-0.4, -0.2) is 35.4 Å². The normalized spacial score (nSPS) is 10.7. The van der Waals surface area contributed by atoms with Crippen LogP contribution in [0.25, 0.3) is 0 Å². The standard InChI is InChI=1S/C13H18FNO3/c1-9(2)15(7-4-8-16)12-10(13(17)18)5-3-6-11(12)14/h3,5-6,9,16H,4,7-8H2,1-2H3,(H,17,18). The lowest BCUT2D eigenvalue weighted by atomic mass is 10.1. The number of aliphatic hydroxyl groups is 1. The minimum atomic E-state index is -1.15. The molecule has 1 aromatic carbocycles. The zero-order chi connectivity index (χ0) is 13.7. The first-order chi connectivity index (χ1) is 8.49. The number of carboxylic acid groups (broad SMARTS) is 1. The first kappa shape index (κ1) is 14.4. The number of aliphatic hydroxyl groups excluding tert-OH is 1. The van der Waals surface area contributed by atoms with Crippen molar-refractivity contribution in [3.63, 3.8) is 0 Å². The highest BCUT2D eigenvalue weighted by Crippen LogP contribution is 2.26. The lowest BCUT2D eigenvalue weighted by molar-refractivity contribution is 0.0697. The number of carboxylic acids is 1. The van der Waals surface area contributed by atoms with E-state index in [0.717, 1.165) is 0 Å². The summed E-state index contributed by atoms with van der Waals surface area (Å²) in [5.74, 6) is -1.71. The molecule has 0 aliphatic heterocycles. The quantitative estimate of drug-likeness (QED) is 0.817. The molecule has 0 bridgehead atoms. The van der Waals surface area contributed by atoms with Crippen LogP contribution in [0.5, 0.6) is 0 Å². The molecule has 5 heteroatoms. The molecule has 18 heavy (non-hydrogen) atoms. The third kappa shape index (κ3) is 3.20. The molecule has 1 aromatic rings. The molecule has 0 aliphatic rings. The van der Waals surface area contributed by atoms with Crippen LogP contribution in [-0.2, 0) is 0 Å². The van der Waals surface area contributed by atoms with Crippen molar-refractivity contribution in [3.8, 4) is 0 Å². The average molecular weight is 255 g/mol. The van der Waals surface area contributed by atoms with Gasteiger partial charge in [0.25, 0.3) is 0 Å². The Bertz CT molecular complexity index is 421. The first-order valence-electron chi connectivity index (χ1n) is 5.88. The van der Waals surface area contributed by atoms with Gasteiger partial charge in [0, 0.05) is 19.2 Å². The minimum absolute atomic E-state index is 0.0138. The van der Waals surface area contributed by atoms with Crippen LogP contribution in [0.1, 0.15) is 30.6 Å². The van der Waals surface area contributed by atoms with Gasteiger partial charge in [0.2, 0.25) is 0 Å². The van der Waals surface area contributed by atoms with E-state index >= 15 is 0 Å². The van der Waals surface area contributed by atoms with Crippen molar-refractivity contribution in [1.29, 1.82) is 0 Å². The summed E-state index contributed by atoms with van der Waals surface area (Å²) in [7, 11) is 0. The zero-order valence-corrected chi connectivity index (χ0v) is 10.6. The maximum Gasteiger partial charge on any atom is 0.337 e. The van der Waals surface area contributed by atoms with Crippen molar-refractivity contribution in [2.45, 2.75) is 26.3 Å². The predicted octanol–water partition coefficient (Wildman–Crippen LogP) is 2.12. The number of nitrogens with zero attached hydrogens (tertiary/aromatic N) is 1. The molecule has 0 amide bonds. The maximum atomic E-state index is 13.9. The van der Waals surface area contributed by atoms with E-state index in [0.29, 0.717) is 13.0 Å². The summed E-state index contributed by atoms with van der Waals surface area (Å²) in [4.78, 5) is 12.8. The molecular weight excluding hydrogens is 237 g/mol. The van der Waals surface area contributed by atoms with Gasteiger partial charge in [-0.3, -0.25) is 0 Å². The maximum absolute atomic E-state index is 13.9. The molecule has 2 N–H and O–H groups in total. The van der Waals surface area contributed by atoms with E-state index in [2.05, 4.69) is 0 Å². The van der Waals surface area contributed by atoms with Gasteiger partial charge in [-0.15, -0.1) is 0 Å². The van der Waals surface area contributed by atoms with E-state index in [-0.39, 0.29) is 23.9 Å². The van der Waals surface area contributed by atoms with Gasteiger partial charge in [-0.2, -0.15) is 0 Å². The highest BCUT2D eigenvalue weighted by molar-refractivity contribution is 5.94. The Kier molecular flexibility index (Phi) is 5.09. The van der Waals surface area contributed by atoms with Crippen LogP contribution >= 0.6 is 0 Å². The number of rotatable bonds is 6. The SMILES string of the molecule is CC(C)N(CCCO)c1c(F)cccc1C(=O)O. The van der Waals surface area contributed by atoms with E-state index in [9.17, 15) is 9.18 Å². The Hall–Kier alpha value is -1.62. The Balaban J connectivity index is 3.21. The summed E-state index contributed by atoms with van der Waals surface area (Å²) in [6, 6.07) is 3.96. The molecule has 0 radical (unpaired) electrons. The van der Waals surface area contributed by atoms with Crippen LogP contribution in [0, 0.1) is 5.82 Å². The summed E-state index contributed by atoms with van der Waals surface area (Å²) in [5, 5.41) is 18.0. The van der Waals surface area contributed by atoms with Gasteiger partial charge >= 0.3 is 5.97 Å². The number of halogens is 1. The van der Waals surface area contributed by atoms with E-state index in [1.54, 1.807) is 4.90 Å². The Morgan fingerprint density at radius 3 is 2.61 bits per heavy atom. The number of hydrogen-bond donors (Lipinski definition) is 2. The van der Waals surface area contributed by atoms with Crippen molar-refractivity contribution >= 4 is 11.7 Å².